The quantitative estimate of drug-likeness (QED) is 0.809. The third-order valence-electron chi connectivity index (χ3n) is 2.39. The maximum atomic E-state index is 11.5. The van der Waals surface area contributed by atoms with Gasteiger partial charge in [-0.25, -0.2) is 22.0 Å². The fourth-order valence-electron chi connectivity index (χ4n) is 1.49. The Bertz CT molecular complexity index is 693. The van der Waals surface area contributed by atoms with Gasteiger partial charge >= 0.3 is 0 Å². The molecule has 3 N–H and O–H groups in total. The second-order valence-corrected chi connectivity index (χ2v) is 7.65. The van der Waals surface area contributed by atoms with Crippen LogP contribution in [0.3, 0.4) is 0 Å². The number of nitrogens with one attached hydrogen (secondary N) is 1. The Labute approximate surface area is 111 Å². The molecule has 0 unspecified atom stereocenters. The van der Waals surface area contributed by atoms with Crippen LogP contribution in [0.1, 0.15) is 12.8 Å². The van der Waals surface area contributed by atoms with E-state index in [0.29, 0.717) is 0 Å². The Morgan fingerprint density at radius 1 is 1.26 bits per heavy atom. The van der Waals surface area contributed by atoms with Gasteiger partial charge in [-0.15, -0.1) is 0 Å². The van der Waals surface area contributed by atoms with Crippen molar-refractivity contribution in [2.45, 2.75) is 23.8 Å². The van der Waals surface area contributed by atoms with Crippen molar-refractivity contribution in [2.75, 3.05) is 11.0 Å². The number of sulfonamides is 2. The van der Waals surface area contributed by atoms with Crippen molar-refractivity contribution in [3.63, 3.8) is 0 Å². The van der Waals surface area contributed by atoms with Crippen LogP contribution in [-0.4, -0.2) is 29.2 Å². The van der Waals surface area contributed by atoms with Gasteiger partial charge in [0.1, 0.15) is 4.90 Å². The minimum Gasteiger partial charge on any atom is -0.487 e. The van der Waals surface area contributed by atoms with Gasteiger partial charge < -0.3 is 4.74 Å². The lowest BCUT2D eigenvalue weighted by Crippen LogP contribution is -2.17. The molecule has 0 amide bonds. The number of ether oxygens (including phenoxy) is 1. The van der Waals surface area contributed by atoms with Crippen LogP contribution in [0.5, 0.6) is 5.75 Å². The predicted octanol–water partition coefficient (Wildman–Crippen LogP) is 0.247. The van der Waals surface area contributed by atoms with E-state index < -0.39 is 20.0 Å². The number of para-hydroxylation sites is 1. The molecule has 0 bridgehead atoms. The molecule has 0 saturated heterocycles. The van der Waals surface area contributed by atoms with Gasteiger partial charge in [0.25, 0.3) is 0 Å². The van der Waals surface area contributed by atoms with Crippen LogP contribution in [0.25, 0.3) is 0 Å². The number of hydrogen-bond acceptors (Lipinski definition) is 5. The molecule has 1 aromatic carbocycles. The van der Waals surface area contributed by atoms with E-state index in [1.165, 1.54) is 18.2 Å². The van der Waals surface area contributed by atoms with E-state index in [4.69, 9.17) is 9.88 Å². The van der Waals surface area contributed by atoms with Crippen molar-refractivity contribution in [2.24, 2.45) is 5.14 Å². The Balaban J connectivity index is 2.52. The summed E-state index contributed by atoms with van der Waals surface area (Å²) in [6, 6.07) is 4.10. The van der Waals surface area contributed by atoms with E-state index in [1.54, 1.807) is 0 Å². The average molecular weight is 306 g/mol. The molecule has 2 rings (SSSR count). The molecule has 1 aromatic rings. The molecule has 1 aliphatic carbocycles. The summed E-state index contributed by atoms with van der Waals surface area (Å²) in [5.74, 6) is -0.0436. The summed E-state index contributed by atoms with van der Waals surface area (Å²) in [6.07, 6.45) is 2.48. The summed E-state index contributed by atoms with van der Waals surface area (Å²) < 4.78 is 53.2. The van der Waals surface area contributed by atoms with Crippen LogP contribution >= 0.6 is 0 Å². The van der Waals surface area contributed by atoms with Crippen molar-refractivity contribution >= 4 is 25.7 Å². The van der Waals surface area contributed by atoms with Crippen molar-refractivity contribution in [3.8, 4) is 5.75 Å². The first-order valence-corrected chi connectivity index (χ1v) is 8.91. The summed E-state index contributed by atoms with van der Waals surface area (Å²) >= 11 is 0. The third kappa shape index (κ3) is 3.82. The van der Waals surface area contributed by atoms with E-state index >= 15 is 0 Å². The Kier molecular flexibility index (Phi) is 3.45. The summed E-state index contributed by atoms with van der Waals surface area (Å²) in [6.45, 7) is 0. The predicted molar refractivity (Wildman–Crippen MR) is 69.9 cm³/mol. The summed E-state index contributed by atoms with van der Waals surface area (Å²) in [7, 11) is -7.53. The van der Waals surface area contributed by atoms with E-state index in [-0.39, 0.29) is 22.4 Å². The molecule has 0 aromatic heterocycles. The van der Waals surface area contributed by atoms with Gasteiger partial charge in [-0.1, -0.05) is 6.07 Å². The van der Waals surface area contributed by atoms with Gasteiger partial charge in [0.05, 0.1) is 18.0 Å². The average Bonchev–Trinajstić information content (AvgIpc) is 3.00. The fourth-order valence-corrected chi connectivity index (χ4v) is 2.74. The first kappa shape index (κ1) is 14.1. The molecule has 1 aliphatic rings. The number of rotatable bonds is 5. The highest BCUT2D eigenvalue weighted by Gasteiger charge is 2.28. The van der Waals surface area contributed by atoms with Crippen molar-refractivity contribution in [1.29, 1.82) is 0 Å². The molecule has 106 valence electrons. The second kappa shape index (κ2) is 4.66. The van der Waals surface area contributed by atoms with E-state index in [1.807, 2.05) is 0 Å². The third-order valence-corrected chi connectivity index (χ3v) is 3.91. The standard InChI is InChI=1S/C10H14N2O5S2/c1-18(13,14)12-8-3-2-4-9(19(11,15)16)10(8)17-7-5-6-7/h2-4,7,12H,5-6H2,1H3,(H2,11,15,16). The molecule has 1 fully saturated rings. The first-order valence-electron chi connectivity index (χ1n) is 5.47. The summed E-state index contributed by atoms with van der Waals surface area (Å²) in [5.41, 5.74) is 0.0703. The smallest absolute Gasteiger partial charge is 0.241 e. The lowest BCUT2D eigenvalue weighted by molar-refractivity contribution is 0.297. The lowest BCUT2D eigenvalue weighted by atomic mass is 10.3. The van der Waals surface area contributed by atoms with E-state index in [0.717, 1.165) is 19.1 Å². The summed E-state index contributed by atoms with van der Waals surface area (Å²) in [4.78, 5) is -0.229. The minimum atomic E-state index is -3.99. The molecule has 0 atom stereocenters. The molecule has 0 radical (unpaired) electrons. The molecule has 0 aliphatic heterocycles. The minimum absolute atomic E-state index is 0.0436. The number of hydrogen-bond donors (Lipinski definition) is 2. The van der Waals surface area contributed by atoms with E-state index in [2.05, 4.69) is 4.72 Å². The second-order valence-electron chi connectivity index (χ2n) is 4.37. The lowest BCUT2D eigenvalue weighted by Gasteiger charge is -2.14. The monoisotopic (exact) mass is 306 g/mol. The molecule has 0 spiro atoms. The maximum absolute atomic E-state index is 11.5. The van der Waals surface area contributed by atoms with E-state index in [9.17, 15) is 16.8 Å². The Morgan fingerprint density at radius 3 is 2.37 bits per heavy atom. The SMILES string of the molecule is CS(=O)(=O)Nc1cccc(S(N)(=O)=O)c1OC1CC1. The highest BCUT2D eigenvalue weighted by molar-refractivity contribution is 7.92. The highest BCUT2D eigenvalue weighted by Crippen LogP contribution is 2.37. The zero-order valence-electron chi connectivity index (χ0n) is 10.2. The summed E-state index contributed by atoms with van der Waals surface area (Å²) in [5, 5.41) is 5.10. The van der Waals surface area contributed by atoms with Crippen LogP contribution < -0.4 is 14.6 Å². The maximum Gasteiger partial charge on any atom is 0.241 e. The number of anilines is 1. The molecular weight excluding hydrogens is 292 g/mol. The van der Waals surface area contributed by atoms with Gasteiger partial charge in [0, 0.05) is 0 Å². The van der Waals surface area contributed by atoms with Crippen LogP contribution in [0.4, 0.5) is 5.69 Å². The van der Waals surface area contributed by atoms with Gasteiger partial charge in [0.15, 0.2) is 5.75 Å². The molecule has 9 heteroatoms. The molecule has 0 heterocycles. The van der Waals surface area contributed by atoms with Crippen molar-refractivity contribution in [1.82, 2.24) is 0 Å². The number of benzene rings is 1. The van der Waals surface area contributed by atoms with Crippen LogP contribution in [-0.2, 0) is 20.0 Å². The Morgan fingerprint density at radius 2 is 1.89 bits per heavy atom. The molecule has 7 nitrogen and oxygen atoms in total. The van der Waals surface area contributed by atoms with Crippen LogP contribution in [0.15, 0.2) is 23.1 Å². The van der Waals surface area contributed by atoms with Gasteiger partial charge in [-0.05, 0) is 25.0 Å². The molecule has 19 heavy (non-hydrogen) atoms. The number of primary sulfonamides is 1. The van der Waals surface area contributed by atoms with Crippen molar-refractivity contribution < 1.29 is 21.6 Å². The Hall–Kier alpha value is -1.32. The van der Waals surface area contributed by atoms with Crippen LogP contribution in [0, 0.1) is 0 Å². The van der Waals surface area contributed by atoms with Crippen LogP contribution in [0.2, 0.25) is 0 Å². The molecular formula is C10H14N2O5S2. The highest BCUT2D eigenvalue weighted by atomic mass is 32.2. The fraction of sp³-hybridized carbons (Fsp3) is 0.400. The zero-order chi connectivity index (χ0) is 14.3. The van der Waals surface area contributed by atoms with Gasteiger partial charge in [-0.2, -0.15) is 0 Å². The number of nitrogens with two attached hydrogens (primary N) is 1. The van der Waals surface area contributed by atoms with Crippen molar-refractivity contribution in [3.05, 3.63) is 18.2 Å². The molecule has 1 saturated carbocycles. The first-order chi connectivity index (χ1) is 8.67. The normalized spacial score (nSPS) is 16.1. The largest absolute Gasteiger partial charge is 0.487 e. The topological polar surface area (TPSA) is 116 Å². The zero-order valence-corrected chi connectivity index (χ0v) is 11.8. The van der Waals surface area contributed by atoms with Gasteiger partial charge in [0.2, 0.25) is 20.0 Å². The van der Waals surface area contributed by atoms with Gasteiger partial charge in [-0.3, -0.25) is 4.72 Å².